The third-order valence-corrected chi connectivity index (χ3v) is 3.50. The van der Waals surface area contributed by atoms with E-state index in [1.807, 2.05) is 4.90 Å². The minimum absolute atomic E-state index is 0.331. The maximum atomic E-state index is 12.1. The molecule has 0 aromatic heterocycles. The lowest BCUT2D eigenvalue weighted by Gasteiger charge is -2.26. The highest BCUT2D eigenvalue weighted by atomic mass is 16.5. The Kier molecular flexibility index (Phi) is 4.60. The van der Waals surface area contributed by atoms with Crippen LogP contribution in [0, 0.1) is 5.92 Å². The number of hydrogen-bond donors (Lipinski definition) is 1. The van der Waals surface area contributed by atoms with E-state index in [-0.39, 0.29) is 0 Å². The van der Waals surface area contributed by atoms with Crippen LogP contribution in [0.2, 0.25) is 0 Å². The maximum absolute atomic E-state index is 12.1. The van der Waals surface area contributed by atoms with E-state index < -0.39 is 0 Å². The number of nitrogens with zero attached hydrogens (tertiary/aromatic N) is 1. The zero-order chi connectivity index (χ0) is 11.2. The molecule has 0 unspecified atom stereocenters. The van der Waals surface area contributed by atoms with Gasteiger partial charge in [0.25, 0.3) is 0 Å². The molecule has 0 aliphatic carbocycles. The van der Waals surface area contributed by atoms with Crippen molar-refractivity contribution in [1.82, 2.24) is 10.2 Å². The van der Waals surface area contributed by atoms with E-state index in [2.05, 4.69) is 5.32 Å². The van der Waals surface area contributed by atoms with Gasteiger partial charge in [0.05, 0.1) is 6.61 Å². The molecule has 1 N–H and O–H groups in total. The Balaban J connectivity index is 1.76. The molecule has 0 saturated carbocycles. The number of piperidine rings is 1. The van der Waals surface area contributed by atoms with Crippen molar-refractivity contribution in [3.05, 3.63) is 0 Å². The minimum atomic E-state index is 0.331. The quantitative estimate of drug-likeness (QED) is 0.750. The van der Waals surface area contributed by atoms with Crippen molar-refractivity contribution in [2.75, 3.05) is 39.4 Å². The van der Waals surface area contributed by atoms with Crippen LogP contribution < -0.4 is 5.32 Å². The third kappa shape index (κ3) is 3.46. The summed E-state index contributed by atoms with van der Waals surface area (Å²) >= 11 is 0. The molecule has 0 bridgehead atoms. The highest BCUT2D eigenvalue weighted by Gasteiger charge is 2.21. The Labute approximate surface area is 97.3 Å². The van der Waals surface area contributed by atoms with Gasteiger partial charge in [-0.25, -0.2) is 0 Å². The molecular weight excluding hydrogens is 204 g/mol. The van der Waals surface area contributed by atoms with Crippen LogP contribution in [0.3, 0.4) is 0 Å². The third-order valence-electron chi connectivity index (χ3n) is 3.50. The first kappa shape index (κ1) is 11.9. The average molecular weight is 226 g/mol. The van der Waals surface area contributed by atoms with Crippen molar-refractivity contribution >= 4 is 5.91 Å². The molecule has 0 aromatic carbocycles. The maximum Gasteiger partial charge on any atom is 0.222 e. The molecule has 0 radical (unpaired) electrons. The normalized spacial score (nSPS) is 24.1. The summed E-state index contributed by atoms with van der Waals surface area (Å²) in [5.41, 5.74) is 0. The zero-order valence-electron chi connectivity index (χ0n) is 9.91. The molecule has 2 aliphatic rings. The molecule has 2 fully saturated rings. The molecule has 0 atom stereocenters. The lowest BCUT2D eigenvalue weighted by Crippen LogP contribution is -2.36. The van der Waals surface area contributed by atoms with Crippen LogP contribution in [0.15, 0.2) is 0 Å². The monoisotopic (exact) mass is 226 g/mol. The summed E-state index contributed by atoms with van der Waals surface area (Å²) < 4.78 is 5.36. The first-order valence-corrected chi connectivity index (χ1v) is 6.42. The summed E-state index contributed by atoms with van der Waals surface area (Å²) in [4.78, 5) is 14.1. The minimum Gasteiger partial charge on any atom is -0.380 e. The fraction of sp³-hybridized carbons (Fsp3) is 0.917. The molecule has 0 aromatic rings. The molecule has 2 aliphatic heterocycles. The van der Waals surface area contributed by atoms with E-state index in [1.165, 1.54) is 0 Å². The predicted octanol–water partition coefficient (Wildman–Crippen LogP) is 0.625. The lowest BCUT2D eigenvalue weighted by molar-refractivity contribution is -0.132. The van der Waals surface area contributed by atoms with Crippen LogP contribution in [0.25, 0.3) is 0 Å². The predicted molar refractivity (Wildman–Crippen MR) is 62.2 cm³/mol. The topological polar surface area (TPSA) is 41.6 Å². The summed E-state index contributed by atoms with van der Waals surface area (Å²) in [7, 11) is 0. The van der Waals surface area contributed by atoms with Crippen LogP contribution in [0.1, 0.15) is 25.7 Å². The molecule has 4 heteroatoms. The SMILES string of the molecule is O=C(CC1CCNCC1)N1CCCOCC1. The van der Waals surface area contributed by atoms with Crippen LogP contribution >= 0.6 is 0 Å². The van der Waals surface area contributed by atoms with Crippen LogP contribution in [0.5, 0.6) is 0 Å². The fourth-order valence-electron chi connectivity index (χ4n) is 2.46. The van der Waals surface area contributed by atoms with Crippen molar-refractivity contribution in [3.8, 4) is 0 Å². The molecule has 0 spiro atoms. The van der Waals surface area contributed by atoms with Gasteiger partial charge in [0, 0.05) is 26.1 Å². The van der Waals surface area contributed by atoms with Crippen molar-refractivity contribution in [1.29, 1.82) is 0 Å². The Bertz CT molecular complexity index is 219. The standard InChI is InChI=1S/C12H22N2O2/c15-12(10-11-2-4-13-5-3-11)14-6-1-8-16-9-7-14/h11,13H,1-10H2. The van der Waals surface area contributed by atoms with Gasteiger partial charge in [0.1, 0.15) is 0 Å². The van der Waals surface area contributed by atoms with E-state index in [0.717, 1.165) is 58.5 Å². The second-order valence-corrected chi connectivity index (χ2v) is 4.74. The van der Waals surface area contributed by atoms with Gasteiger partial charge in [-0.3, -0.25) is 4.79 Å². The summed E-state index contributed by atoms with van der Waals surface area (Å²) in [5.74, 6) is 0.926. The van der Waals surface area contributed by atoms with E-state index >= 15 is 0 Å². The molecule has 1 amide bonds. The number of amides is 1. The highest BCUT2D eigenvalue weighted by molar-refractivity contribution is 5.76. The smallest absolute Gasteiger partial charge is 0.222 e. The van der Waals surface area contributed by atoms with E-state index in [1.54, 1.807) is 0 Å². The summed E-state index contributed by atoms with van der Waals surface area (Å²) in [6.45, 7) is 5.31. The second-order valence-electron chi connectivity index (χ2n) is 4.74. The molecule has 4 nitrogen and oxygen atoms in total. The van der Waals surface area contributed by atoms with Gasteiger partial charge in [-0.05, 0) is 38.3 Å². The first-order chi connectivity index (χ1) is 7.86. The van der Waals surface area contributed by atoms with Gasteiger partial charge in [-0.1, -0.05) is 0 Å². The lowest BCUT2D eigenvalue weighted by atomic mass is 9.94. The summed E-state index contributed by atoms with van der Waals surface area (Å²) in [5, 5.41) is 3.33. The van der Waals surface area contributed by atoms with Crippen molar-refractivity contribution < 1.29 is 9.53 Å². The van der Waals surface area contributed by atoms with Crippen LogP contribution in [-0.4, -0.2) is 50.2 Å². The number of carbonyl (C=O) groups excluding carboxylic acids is 1. The summed E-state index contributed by atoms with van der Waals surface area (Å²) in [6.07, 6.45) is 4.02. The zero-order valence-corrected chi connectivity index (χ0v) is 9.91. The molecule has 2 heterocycles. The Morgan fingerprint density at radius 3 is 2.88 bits per heavy atom. The van der Waals surface area contributed by atoms with E-state index in [9.17, 15) is 4.79 Å². The number of hydrogen-bond acceptors (Lipinski definition) is 3. The molecule has 92 valence electrons. The Morgan fingerprint density at radius 1 is 1.25 bits per heavy atom. The molecular formula is C12H22N2O2. The number of carbonyl (C=O) groups is 1. The van der Waals surface area contributed by atoms with Crippen LogP contribution in [0.4, 0.5) is 0 Å². The summed E-state index contributed by atoms with van der Waals surface area (Å²) in [6, 6.07) is 0. The first-order valence-electron chi connectivity index (χ1n) is 6.42. The Morgan fingerprint density at radius 2 is 2.06 bits per heavy atom. The highest BCUT2D eigenvalue weighted by Crippen LogP contribution is 2.17. The van der Waals surface area contributed by atoms with Gasteiger partial charge < -0.3 is 15.0 Å². The van der Waals surface area contributed by atoms with Gasteiger partial charge >= 0.3 is 0 Å². The van der Waals surface area contributed by atoms with Crippen LogP contribution in [-0.2, 0) is 9.53 Å². The van der Waals surface area contributed by atoms with Gasteiger partial charge in [-0.2, -0.15) is 0 Å². The Hall–Kier alpha value is -0.610. The van der Waals surface area contributed by atoms with E-state index in [4.69, 9.17) is 4.74 Å². The molecule has 2 saturated heterocycles. The van der Waals surface area contributed by atoms with Gasteiger partial charge in [-0.15, -0.1) is 0 Å². The van der Waals surface area contributed by atoms with Crippen molar-refractivity contribution in [2.24, 2.45) is 5.92 Å². The fourth-order valence-corrected chi connectivity index (χ4v) is 2.46. The van der Waals surface area contributed by atoms with Gasteiger partial charge in [0.15, 0.2) is 0 Å². The van der Waals surface area contributed by atoms with Crippen molar-refractivity contribution in [3.63, 3.8) is 0 Å². The van der Waals surface area contributed by atoms with E-state index in [0.29, 0.717) is 18.4 Å². The second kappa shape index (κ2) is 6.21. The number of rotatable bonds is 2. The number of ether oxygens (including phenoxy) is 1. The molecule has 16 heavy (non-hydrogen) atoms. The largest absolute Gasteiger partial charge is 0.380 e. The van der Waals surface area contributed by atoms with Gasteiger partial charge in [0.2, 0.25) is 5.91 Å². The number of nitrogens with one attached hydrogen (secondary N) is 1. The van der Waals surface area contributed by atoms with Crippen molar-refractivity contribution in [2.45, 2.75) is 25.7 Å². The average Bonchev–Trinajstić information content (AvgIpc) is 2.59. The molecule has 2 rings (SSSR count).